The molecule has 2 rings (SSSR count). The van der Waals surface area contributed by atoms with E-state index in [-0.39, 0.29) is 6.61 Å². The first-order valence-electron chi connectivity index (χ1n) is 9.42. The Morgan fingerprint density at radius 2 is 2.00 bits per heavy atom. The fourth-order valence-corrected chi connectivity index (χ4v) is 3.00. The number of Topliss-reactive ketones (excluding diaryl/α,β-unsaturated/α-hetero) is 1. The lowest BCUT2D eigenvalue weighted by atomic mass is 10.0. The topological polar surface area (TPSA) is 113 Å². The Morgan fingerprint density at radius 1 is 1.33 bits per heavy atom. The lowest BCUT2D eigenvalue weighted by Crippen LogP contribution is -2.54. The zero-order valence-electron chi connectivity index (χ0n) is 16.9. The zero-order valence-corrected chi connectivity index (χ0v) is 17.7. The van der Waals surface area contributed by atoms with Crippen molar-refractivity contribution in [1.82, 2.24) is 10.2 Å². The van der Waals surface area contributed by atoms with Crippen molar-refractivity contribution in [2.24, 2.45) is 0 Å². The zero-order chi connectivity index (χ0) is 22.7. The van der Waals surface area contributed by atoms with E-state index in [9.17, 15) is 18.8 Å². The SMILES string of the molecule is CC(=O)O.CC(NC(=O)C1CCCCN1C(=O)OCc1cccc(Cl)c1)C(=O)CF. The van der Waals surface area contributed by atoms with E-state index in [1.165, 1.54) is 11.8 Å². The summed E-state index contributed by atoms with van der Waals surface area (Å²) in [6.07, 6.45) is 1.40. The van der Waals surface area contributed by atoms with Crippen molar-refractivity contribution in [3.63, 3.8) is 0 Å². The standard InChI is InChI=1S/C18H22ClFN2O4.C2H4O2/c1-12(16(23)10-20)21-17(24)15-7-2-3-8-22(15)18(25)26-11-13-5-4-6-14(19)9-13;1-2(3)4/h4-6,9,12,15H,2-3,7-8,10-11H2,1H3,(H,21,24);1H3,(H,3,4). The number of rotatable bonds is 6. The molecule has 1 heterocycles. The minimum atomic E-state index is -1.14. The van der Waals surface area contributed by atoms with Crippen LogP contribution in [0.2, 0.25) is 5.02 Å². The first-order chi connectivity index (χ1) is 14.1. The van der Waals surface area contributed by atoms with Gasteiger partial charge in [-0.15, -0.1) is 0 Å². The Morgan fingerprint density at radius 3 is 2.60 bits per heavy atom. The lowest BCUT2D eigenvalue weighted by molar-refractivity contribution is -0.134. The van der Waals surface area contributed by atoms with E-state index in [0.717, 1.165) is 25.3 Å². The molecular weight excluding hydrogens is 419 g/mol. The summed E-state index contributed by atoms with van der Waals surface area (Å²) in [6, 6.07) is 5.29. The number of amides is 2. The van der Waals surface area contributed by atoms with Gasteiger partial charge in [-0.1, -0.05) is 23.7 Å². The highest BCUT2D eigenvalue weighted by Crippen LogP contribution is 2.19. The Hall–Kier alpha value is -2.68. The van der Waals surface area contributed by atoms with Gasteiger partial charge in [0.25, 0.3) is 5.97 Å². The van der Waals surface area contributed by atoms with Crippen LogP contribution in [0.4, 0.5) is 9.18 Å². The fraction of sp³-hybridized carbons (Fsp3) is 0.500. The van der Waals surface area contributed by atoms with Gasteiger partial charge in [-0.2, -0.15) is 0 Å². The molecule has 1 aliphatic rings. The predicted octanol–water partition coefficient (Wildman–Crippen LogP) is 2.97. The second-order valence-corrected chi connectivity index (χ2v) is 7.18. The average Bonchev–Trinajstić information content (AvgIpc) is 2.71. The van der Waals surface area contributed by atoms with Crippen LogP contribution in [-0.4, -0.2) is 59.1 Å². The quantitative estimate of drug-likeness (QED) is 0.697. The summed E-state index contributed by atoms with van der Waals surface area (Å²) in [5, 5.41) is 10.4. The minimum absolute atomic E-state index is 0.0426. The van der Waals surface area contributed by atoms with E-state index < -0.39 is 42.5 Å². The van der Waals surface area contributed by atoms with Gasteiger partial charge in [-0.25, -0.2) is 9.18 Å². The molecule has 8 nitrogen and oxygen atoms in total. The normalized spacial score (nSPS) is 16.5. The fourth-order valence-electron chi connectivity index (χ4n) is 2.78. The molecule has 0 spiro atoms. The third-order valence-electron chi connectivity index (χ3n) is 4.26. The monoisotopic (exact) mass is 444 g/mol. The van der Waals surface area contributed by atoms with Gasteiger partial charge in [0.1, 0.15) is 19.3 Å². The summed E-state index contributed by atoms with van der Waals surface area (Å²) in [6.45, 7) is 1.79. The Bertz CT molecular complexity index is 757. The third kappa shape index (κ3) is 8.77. The molecular formula is C20H26ClFN2O6. The largest absolute Gasteiger partial charge is 0.481 e. The lowest BCUT2D eigenvalue weighted by Gasteiger charge is -2.34. The number of ether oxygens (including phenoxy) is 1. The number of carbonyl (C=O) groups excluding carboxylic acids is 3. The number of benzene rings is 1. The molecule has 0 radical (unpaired) electrons. The number of carboxylic acid groups (broad SMARTS) is 1. The highest BCUT2D eigenvalue weighted by molar-refractivity contribution is 6.30. The van der Waals surface area contributed by atoms with Crippen LogP contribution in [0.1, 0.15) is 38.7 Å². The second kappa shape index (κ2) is 12.8. The van der Waals surface area contributed by atoms with Gasteiger partial charge in [-0.05, 0) is 43.9 Å². The number of halogens is 2. The summed E-state index contributed by atoms with van der Waals surface area (Å²) >= 11 is 5.90. The summed E-state index contributed by atoms with van der Waals surface area (Å²) in [7, 11) is 0. The van der Waals surface area contributed by atoms with Gasteiger partial charge in [-0.3, -0.25) is 19.3 Å². The van der Waals surface area contributed by atoms with E-state index in [1.807, 2.05) is 0 Å². The van der Waals surface area contributed by atoms with Crippen molar-refractivity contribution in [1.29, 1.82) is 0 Å². The van der Waals surface area contributed by atoms with Crippen molar-refractivity contribution in [3.8, 4) is 0 Å². The number of likely N-dealkylation sites (tertiary alicyclic amines) is 1. The highest BCUT2D eigenvalue weighted by Gasteiger charge is 2.34. The summed E-state index contributed by atoms with van der Waals surface area (Å²) in [4.78, 5) is 46.5. The number of nitrogens with one attached hydrogen (secondary N) is 1. The molecule has 1 aromatic carbocycles. The number of alkyl halides is 1. The maximum Gasteiger partial charge on any atom is 0.410 e. The van der Waals surface area contributed by atoms with Crippen LogP contribution in [0, 0.1) is 0 Å². The Balaban J connectivity index is 0.00000103. The van der Waals surface area contributed by atoms with E-state index in [4.69, 9.17) is 26.2 Å². The molecule has 2 amide bonds. The molecule has 0 saturated carbocycles. The van der Waals surface area contributed by atoms with Gasteiger partial charge >= 0.3 is 6.09 Å². The van der Waals surface area contributed by atoms with Crippen LogP contribution in [0.15, 0.2) is 24.3 Å². The van der Waals surface area contributed by atoms with E-state index >= 15 is 0 Å². The van der Waals surface area contributed by atoms with Crippen molar-refractivity contribution in [2.75, 3.05) is 13.2 Å². The van der Waals surface area contributed by atoms with E-state index in [2.05, 4.69) is 5.32 Å². The average molecular weight is 445 g/mol. The van der Waals surface area contributed by atoms with Crippen molar-refractivity contribution in [2.45, 2.75) is 51.8 Å². The number of aliphatic carboxylic acids is 1. The predicted molar refractivity (Wildman–Crippen MR) is 108 cm³/mol. The van der Waals surface area contributed by atoms with Crippen LogP contribution in [0.3, 0.4) is 0 Å². The molecule has 166 valence electrons. The smallest absolute Gasteiger partial charge is 0.410 e. The van der Waals surface area contributed by atoms with E-state index in [0.29, 0.717) is 18.0 Å². The number of hydrogen-bond donors (Lipinski definition) is 2. The Labute approximate surface area is 179 Å². The molecule has 0 aliphatic carbocycles. The summed E-state index contributed by atoms with van der Waals surface area (Å²) in [5.41, 5.74) is 0.742. The summed E-state index contributed by atoms with van der Waals surface area (Å²) in [5.74, 6) is -2.01. The van der Waals surface area contributed by atoms with Crippen molar-refractivity contribution < 1.29 is 33.4 Å². The number of carboxylic acids is 1. The van der Waals surface area contributed by atoms with Gasteiger partial charge in [0.2, 0.25) is 5.91 Å². The molecule has 0 bridgehead atoms. The molecule has 2 unspecified atom stereocenters. The molecule has 1 saturated heterocycles. The molecule has 0 aromatic heterocycles. The minimum Gasteiger partial charge on any atom is -0.481 e. The maximum absolute atomic E-state index is 12.4. The molecule has 10 heteroatoms. The maximum atomic E-state index is 12.4. The first kappa shape index (κ1) is 25.4. The van der Waals surface area contributed by atoms with Crippen LogP contribution in [0.5, 0.6) is 0 Å². The third-order valence-corrected chi connectivity index (χ3v) is 4.50. The number of nitrogens with zero attached hydrogens (tertiary/aromatic N) is 1. The first-order valence-corrected chi connectivity index (χ1v) is 9.80. The molecule has 1 aliphatic heterocycles. The molecule has 2 atom stereocenters. The number of ketones is 1. The molecule has 30 heavy (non-hydrogen) atoms. The second-order valence-electron chi connectivity index (χ2n) is 6.74. The molecule has 1 aromatic rings. The summed E-state index contributed by atoms with van der Waals surface area (Å²) < 4.78 is 17.7. The van der Waals surface area contributed by atoms with Crippen LogP contribution >= 0.6 is 11.6 Å². The number of piperidine rings is 1. The van der Waals surface area contributed by atoms with Gasteiger partial charge in [0.15, 0.2) is 5.78 Å². The van der Waals surface area contributed by atoms with Gasteiger partial charge in [0, 0.05) is 18.5 Å². The number of carbonyl (C=O) groups is 4. The van der Waals surface area contributed by atoms with Crippen LogP contribution in [0.25, 0.3) is 0 Å². The molecule has 1 fully saturated rings. The van der Waals surface area contributed by atoms with Gasteiger partial charge < -0.3 is 15.2 Å². The van der Waals surface area contributed by atoms with Crippen molar-refractivity contribution >= 4 is 35.4 Å². The van der Waals surface area contributed by atoms with Gasteiger partial charge in [0.05, 0.1) is 6.04 Å². The van der Waals surface area contributed by atoms with E-state index in [1.54, 1.807) is 24.3 Å². The Kier molecular flexibility index (Phi) is 10.8. The highest BCUT2D eigenvalue weighted by atomic mass is 35.5. The molecule has 2 N–H and O–H groups in total. The van der Waals surface area contributed by atoms with Crippen LogP contribution < -0.4 is 5.32 Å². The number of hydrogen-bond acceptors (Lipinski definition) is 5. The van der Waals surface area contributed by atoms with Crippen LogP contribution in [-0.2, 0) is 25.7 Å². The van der Waals surface area contributed by atoms with Crippen molar-refractivity contribution in [3.05, 3.63) is 34.9 Å².